The van der Waals surface area contributed by atoms with Crippen LogP contribution in [0.3, 0.4) is 0 Å². The van der Waals surface area contributed by atoms with E-state index in [1.165, 1.54) is 94.1 Å². The Morgan fingerprint density at radius 1 is 0.730 bits per heavy atom. The first-order valence-corrected chi connectivity index (χ1v) is 14.6. The van der Waals surface area contributed by atoms with Gasteiger partial charge in [-0.2, -0.15) is 0 Å². The molecule has 2 aliphatic heterocycles. The first-order valence-electron chi connectivity index (χ1n) is 14.6. The molecular weight excluding hydrogens is 454 g/mol. The molecule has 0 aromatic heterocycles. The molecule has 196 valence electrons. The van der Waals surface area contributed by atoms with Crippen molar-refractivity contribution >= 4 is 0 Å². The molecule has 5 rings (SSSR count). The Kier molecular flexibility index (Phi) is 9.18. The van der Waals surface area contributed by atoms with Crippen LogP contribution >= 0.6 is 0 Å². The SMILES string of the molecule is Oc1ccc2c(c1)[C@@H](c1ccc(CCCCCCCCCN3CCCC3)cc1)[C@@H](c1ccccc1)CO2. The lowest BCUT2D eigenvalue weighted by Gasteiger charge is -2.34. The highest BCUT2D eigenvalue weighted by atomic mass is 16.5. The van der Waals surface area contributed by atoms with E-state index >= 15 is 0 Å². The number of phenolic OH excluding ortho intramolecular Hbond substituents is 1. The standard InChI is InChI=1S/C34H43NO2/c36-30-20-21-33-31(25-30)34(32(26-37-33)28-14-8-6-9-15-28)29-18-16-27(17-19-29)13-7-4-2-1-3-5-10-22-35-23-11-12-24-35/h6,8-9,14-21,25,32,34,36H,1-5,7,10-13,22-24,26H2/t32-,34-/m1/s1. The predicted molar refractivity (Wildman–Crippen MR) is 153 cm³/mol. The van der Waals surface area contributed by atoms with Gasteiger partial charge in [0.1, 0.15) is 11.5 Å². The molecule has 0 saturated carbocycles. The molecule has 0 aliphatic carbocycles. The first-order chi connectivity index (χ1) is 18.3. The number of benzene rings is 3. The number of phenols is 1. The van der Waals surface area contributed by atoms with E-state index in [4.69, 9.17) is 4.74 Å². The average Bonchev–Trinajstić information content (AvgIpc) is 3.46. The second kappa shape index (κ2) is 13.1. The highest BCUT2D eigenvalue weighted by Gasteiger charge is 2.33. The zero-order valence-electron chi connectivity index (χ0n) is 22.3. The molecule has 3 heteroatoms. The maximum absolute atomic E-state index is 10.2. The maximum atomic E-state index is 10.2. The van der Waals surface area contributed by atoms with Gasteiger partial charge in [-0.15, -0.1) is 0 Å². The van der Waals surface area contributed by atoms with E-state index in [2.05, 4.69) is 59.5 Å². The van der Waals surface area contributed by atoms with Crippen molar-refractivity contribution in [3.05, 3.63) is 95.1 Å². The average molecular weight is 498 g/mol. The summed E-state index contributed by atoms with van der Waals surface area (Å²) in [6.07, 6.45) is 13.5. The van der Waals surface area contributed by atoms with E-state index in [9.17, 15) is 5.11 Å². The van der Waals surface area contributed by atoms with Crippen LogP contribution in [-0.4, -0.2) is 36.2 Å². The van der Waals surface area contributed by atoms with E-state index in [1.54, 1.807) is 6.07 Å². The van der Waals surface area contributed by atoms with Gasteiger partial charge in [0.25, 0.3) is 0 Å². The summed E-state index contributed by atoms with van der Waals surface area (Å²) in [7, 11) is 0. The Labute approximate surface area is 223 Å². The number of ether oxygens (including phenoxy) is 1. The van der Waals surface area contributed by atoms with Crippen molar-refractivity contribution in [2.75, 3.05) is 26.2 Å². The van der Waals surface area contributed by atoms with Crippen LogP contribution in [0.4, 0.5) is 0 Å². The molecule has 0 spiro atoms. The molecule has 1 saturated heterocycles. The van der Waals surface area contributed by atoms with E-state index < -0.39 is 0 Å². The Balaban J connectivity index is 1.12. The number of likely N-dealkylation sites (tertiary alicyclic amines) is 1. The third-order valence-electron chi connectivity index (χ3n) is 8.35. The van der Waals surface area contributed by atoms with Gasteiger partial charge in [-0.1, -0.05) is 86.7 Å². The fourth-order valence-corrected chi connectivity index (χ4v) is 6.25. The summed E-state index contributed by atoms with van der Waals surface area (Å²) >= 11 is 0. The van der Waals surface area contributed by atoms with Crippen LogP contribution in [0.5, 0.6) is 11.5 Å². The maximum Gasteiger partial charge on any atom is 0.123 e. The molecule has 0 unspecified atom stereocenters. The zero-order chi connectivity index (χ0) is 25.3. The third kappa shape index (κ3) is 6.96. The van der Waals surface area contributed by atoms with Crippen LogP contribution in [0, 0.1) is 0 Å². The highest BCUT2D eigenvalue weighted by molar-refractivity contribution is 5.50. The Morgan fingerprint density at radius 2 is 1.43 bits per heavy atom. The minimum atomic E-state index is 0.165. The molecular formula is C34H43NO2. The molecule has 2 heterocycles. The van der Waals surface area contributed by atoms with Crippen molar-refractivity contribution in [2.24, 2.45) is 0 Å². The van der Waals surface area contributed by atoms with E-state index in [-0.39, 0.29) is 11.8 Å². The zero-order valence-corrected chi connectivity index (χ0v) is 22.3. The minimum Gasteiger partial charge on any atom is -0.508 e. The van der Waals surface area contributed by atoms with Gasteiger partial charge in [0.15, 0.2) is 0 Å². The fourth-order valence-electron chi connectivity index (χ4n) is 6.25. The topological polar surface area (TPSA) is 32.7 Å². The highest BCUT2D eigenvalue weighted by Crippen LogP contribution is 2.47. The Hall–Kier alpha value is -2.78. The molecule has 3 nitrogen and oxygen atoms in total. The van der Waals surface area contributed by atoms with Gasteiger partial charge < -0.3 is 14.7 Å². The molecule has 2 aliphatic rings. The van der Waals surface area contributed by atoms with Gasteiger partial charge >= 0.3 is 0 Å². The second-order valence-corrected chi connectivity index (χ2v) is 11.0. The number of nitrogens with zero attached hydrogens (tertiary/aromatic N) is 1. The normalized spacial score (nSPS) is 19.5. The fraction of sp³-hybridized carbons (Fsp3) is 0.471. The van der Waals surface area contributed by atoms with Crippen LogP contribution in [-0.2, 0) is 6.42 Å². The largest absolute Gasteiger partial charge is 0.508 e. The number of hydrogen-bond donors (Lipinski definition) is 1. The molecule has 0 amide bonds. The summed E-state index contributed by atoms with van der Waals surface area (Å²) in [6.45, 7) is 4.64. The molecule has 1 fully saturated rings. The lowest BCUT2D eigenvalue weighted by molar-refractivity contribution is 0.248. The number of aromatic hydroxyl groups is 1. The van der Waals surface area contributed by atoms with E-state index in [0.29, 0.717) is 12.4 Å². The van der Waals surface area contributed by atoms with Crippen molar-refractivity contribution in [1.82, 2.24) is 4.90 Å². The minimum absolute atomic E-state index is 0.165. The molecule has 2 atom stereocenters. The van der Waals surface area contributed by atoms with Crippen molar-refractivity contribution in [2.45, 2.75) is 76.0 Å². The molecule has 37 heavy (non-hydrogen) atoms. The van der Waals surface area contributed by atoms with Crippen LogP contribution in [0.15, 0.2) is 72.8 Å². The second-order valence-electron chi connectivity index (χ2n) is 11.0. The summed E-state index contributed by atoms with van der Waals surface area (Å²) in [5.74, 6) is 1.56. The summed E-state index contributed by atoms with van der Waals surface area (Å²) in [6, 6.07) is 25.4. The van der Waals surface area contributed by atoms with E-state index in [1.807, 2.05) is 12.1 Å². The molecule has 3 aromatic rings. The van der Waals surface area contributed by atoms with Crippen molar-refractivity contribution in [1.29, 1.82) is 0 Å². The number of hydrogen-bond acceptors (Lipinski definition) is 3. The third-order valence-corrected chi connectivity index (χ3v) is 8.35. The van der Waals surface area contributed by atoms with Crippen LogP contribution in [0.25, 0.3) is 0 Å². The van der Waals surface area contributed by atoms with Crippen molar-refractivity contribution < 1.29 is 9.84 Å². The van der Waals surface area contributed by atoms with Gasteiger partial charge in [-0.05, 0) is 86.6 Å². The lowest BCUT2D eigenvalue weighted by atomic mass is 9.75. The number of fused-ring (bicyclic) bond motifs is 1. The van der Waals surface area contributed by atoms with Gasteiger partial charge in [0.2, 0.25) is 0 Å². The monoisotopic (exact) mass is 497 g/mol. The smallest absolute Gasteiger partial charge is 0.123 e. The van der Waals surface area contributed by atoms with Crippen molar-refractivity contribution in [3.8, 4) is 11.5 Å². The van der Waals surface area contributed by atoms with Gasteiger partial charge in [-0.25, -0.2) is 0 Å². The van der Waals surface area contributed by atoms with Crippen LogP contribution in [0.2, 0.25) is 0 Å². The summed E-state index contributed by atoms with van der Waals surface area (Å²) in [4.78, 5) is 2.64. The Morgan fingerprint density at radius 3 is 2.19 bits per heavy atom. The van der Waals surface area contributed by atoms with Gasteiger partial charge in [-0.3, -0.25) is 0 Å². The van der Waals surface area contributed by atoms with Gasteiger partial charge in [0.05, 0.1) is 6.61 Å². The van der Waals surface area contributed by atoms with E-state index in [0.717, 1.165) is 17.7 Å². The summed E-state index contributed by atoms with van der Waals surface area (Å²) < 4.78 is 6.14. The number of aryl methyl sites for hydroxylation is 1. The lowest BCUT2D eigenvalue weighted by Crippen LogP contribution is -2.25. The molecule has 0 bridgehead atoms. The number of unbranched alkanes of at least 4 members (excludes halogenated alkanes) is 6. The van der Waals surface area contributed by atoms with Crippen molar-refractivity contribution in [3.63, 3.8) is 0 Å². The van der Waals surface area contributed by atoms with Gasteiger partial charge in [0, 0.05) is 17.4 Å². The first kappa shape index (κ1) is 25.9. The Bertz CT molecular complexity index is 1090. The number of rotatable bonds is 12. The summed E-state index contributed by atoms with van der Waals surface area (Å²) in [5.41, 5.74) is 5.07. The van der Waals surface area contributed by atoms with Crippen LogP contribution < -0.4 is 4.74 Å². The molecule has 3 aromatic carbocycles. The quantitative estimate of drug-likeness (QED) is 0.257. The molecule has 0 radical (unpaired) electrons. The predicted octanol–water partition coefficient (Wildman–Crippen LogP) is 8.07. The molecule has 1 N–H and O–H groups in total. The van der Waals surface area contributed by atoms with Crippen LogP contribution in [0.1, 0.15) is 91.9 Å². The summed E-state index contributed by atoms with van der Waals surface area (Å²) in [5, 5.41) is 10.2.